The van der Waals surface area contributed by atoms with Gasteiger partial charge in [0.2, 0.25) is 0 Å². The van der Waals surface area contributed by atoms with Crippen LogP contribution in [0.4, 0.5) is 0 Å². The lowest BCUT2D eigenvalue weighted by Gasteiger charge is -2.27. The third-order valence-corrected chi connectivity index (χ3v) is 3.68. The third-order valence-electron chi connectivity index (χ3n) is 3.68. The second kappa shape index (κ2) is 5.59. The molecule has 5 N–H and O–H groups in total. The highest BCUT2D eigenvalue weighted by Crippen LogP contribution is 2.26. The molecule has 0 aliphatic heterocycles. The summed E-state index contributed by atoms with van der Waals surface area (Å²) in [5.74, 6) is 0.844. The zero-order valence-electron chi connectivity index (χ0n) is 11.7. The van der Waals surface area contributed by atoms with Crippen LogP contribution in [0.5, 0.6) is 0 Å². The number of nitrogens with one attached hydrogen (secondary N) is 3. The molecule has 0 spiro atoms. The molecule has 2 rings (SSSR count). The van der Waals surface area contributed by atoms with E-state index in [1.54, 1.807) is 0 Å². The van der Waals surface area contributed by atoms with Crippen LogP contribution in [0.2, 0.25) is 0 Å². The second-order valence-electron chi connectivity index (χ2n) is 5.38. The molecule has 2 aromatic rings. The zero-order valence-corrected chi connectivity index (χ0v) is 11.7. The second-order valence-corrected chi connectivity index (χ2v) is 5.38. The molecule has 2 unspecified atom stereocenters. The van der Waals surface area contributed by atoms with Crippen molar-refractivity contribution in [2.45, 2.75) is 19.9 Å². The summed E-state index contributed by atoms with van der Waals surface area (Å²) in [6.07, 6.45) is 0. The van der Waals surface area contributed by atoms with E-state index in [0.717, 1.165) is 23.1 Å². The Morgan fingerprint density at radius 3 is 2.58 bits per heavy atom. The Bertz CT molecular complexity index is 599. The van der Waals surface area contributed by atoms with E-state index < -0.39 is 0 Å². The van der Waals surface area contributed by atoms with Gasteiger partial charge in [-0.1, -0.05) is 19.9 Å². The van der Waals surface area contributed by atoms with Crippen molar-refractivity contribution in [2.75, 3.05) is 13.6 Å². The largest absolute Gasteiger partial charge is 0.324 e. The lowest BCUT2D eigenvalue weighted by atomic mass is 9.85. The van der Waals surface area contributed by atoms with Gasteiger partial charge in [-0.3, -0.25) is 0 Å². The van der Waals surface area contributed by atoms with Crippen LogP contribution >= 0.6 is 0 Å². The summed E-state index contributed by atoms with van der Waals surface area (Å²) in [7, 11) is 1.94. The van der Waals surface area contributed by atoms with Crippen LogP contribution in [-0.2, 0) is 0 Å². The van der Waals surface area contributed by atoms with E-state index in [-0.39, 0.29) is 11.7 Å². The highest BCUT2D eigenvalue weighted by atomic mass is 16.1. The van der Waals surface area contributed by atoms with E-state index in [0.29, 0.717) is 11.8 Å². The maximum atomic E-state index is 11.3. The number of nitrogens with two attached hydrogens (primary N) is 1. The quantitative estimate of drug-likeness (QED) is 0.656. The lowest BCUT2D eigenvalue weighted by Crippen LogP contribution is -2.33. The van der Waals surface area contributed by atoms with Crippen LogP contribution in [0.1, 0.15) is 25.5 Å². The molecule has 19 heavy (non-hydrogen) atoms. The van der Waals surface area contributed by atoms with Crippen LogP contribution in [0.3, 0.4) is 0 Å². The summed E-state index contributed by atoms with van der Waals surface area (Å²) in [6.45, 7) is 5.23. The normalized spacial score (nSPS) is 15.0. The molecule has 1 aromatic carbocycles. The molecule has 104 valence electrons. The number of fused-ring (bicyclic) bond motifs is 1. The van der Waals surface area contributed by atoms with Gasteiger partial charge in [0.1, 0.15) is 0 Å². The van der Waals surface area contributed by atoms with Gasteiger partial charge >= 0.3 is 5.69 Å². The fraction of sp³-hybridized carbons (Fsp3) is 0.500. The molecule has 0 fully saturated rings. The Labute approximate surface area is 112 Å². The molecule has 0 bridgehead atoms. The molecular formula is C14H22N4O. The van der Waals surface area contributed by atoms with Gasteiger partial charge in [0.05, 0.1) is 11.0 Å². The first kappa shape index (κ1) is 13.8. The van der Waals surface area contributed by atoms with Gasteiger partial charge in [-0.25, -0.2) is 4.79 Å². The Morgan fingerprint density at radius 1 is 1.26 bits per heavy atom. The Morgan fingerprint density at radius 2 is 1.95 bits per heavy atom. The molecule has 5 nitrogen and oxygen atoms in total. The van der Waals surface area contributed by atoms with Gasteiger partial charge in [-0.2, -0.15) is 0 Å². The van der Waals surface area contributed by atoms with Crippen molar-refractivity contribution < 1.29 is 0 Å². The average molecular weight is 262 g/mol. The topological polar surface area (TPSA) is 86.7 Å². The van der Waals surface area contributed by atoms with Gasteiger partial charge in [-0.05, 0) is 43.1 Å². The number of hydrogen-bond acceptors (Lipinski definition) is 3. The van der Waals surface area contributed by atoms with Crippen molar-refractivity contribution in [3.8, 4) is 0 Å². The van der Waals surface area contributed by atoms with E-state index in [2.05, 4.69) is 29.1 Å². The molecule has 5 heteroatoms. The summed E-state index contributed by atoms with van der Waals surface area (Å²) in [6, 6.07) is 5.81. The number of H-pyrrole nitrogens is 2. The van der Waals surface area contributed by atoms with Crippen molar-refractivity contribution in [1.29, 1.82) is 0 Å². The number of aromatic nitrogens is 2. The van der Waals surface area contributed by atoms with Crippen LogP contribution in [0, 0.1) is 11.8 Å². The minimum atomic E-state index is -0.184. The smallest absolute Gasteiger partial charge is 0.323 e. The van der Waals surface area contributed by atoms with Gasteiger partial charge in [0.25, 0.3) is 0 Å². The summed E-state index contributed by atoms with van der Waals surface area (Å²) < 4.78 is 0. The van der Waals surface area contributed by atoms with Crippen molar-refractivity contribution in [1.82, 2.24) is 15.3 Å². The van der Waals surface area contributed by atoms with Crippen LogP contribution < -0.4 is 16.7 Å². The molecular weight excluding hydrogens is 240 g/mol. The molecule has 0 amide bonds. The van der Waals surface area contributed by atoms with E-state index >= 15 is 0 Å². The SMILES string of the molecule is CNCC(C(C)C)C(N)c1ccc2[nH]c(=O)[nH]c2c1. The van der Waals surface area contributed by atoms with Gasteiger partial charge in [0, 0.05) is 6.04 Å². The first-order chi connectivity index (χ1) is 9.02. The fourth-order valence-electron chi connectivity index (χ4n) is 2.52. The van der Waals surface area contributed by atoms with Gasteiger partial charge in [0.15, 0.2) is 0 Å². The number of aromatic amines is 2. The third kappa shape index (κ3) is 2.88. The van der Waals surface area contributed by atoms with E-state index in [4.69, 9.17) is 5.73 Å². The predicted molar refractivity (Wildman–Crippen MR) is 78.1 cm³/mol. The maximum Gasteiger partial charge on any atom is 0.323 e. The first-order valence-corrected chi connectivity index (χ1v) is 6.65. The van der Waals surface area contributed by atoms with Crippen molar-refractivity contribution in [2.24, 2.45) is 17.6 Å². The van der Waals surface area contributed by atoms with Crippen molar-refractivity contribution in [3.05, 3.63) is 34.2 Å². The monoisotopic (exact) mass is 262 g/mol. The highest BCUT2D eigenvalue weighted by Gasteiger charge is 2.22. The standard InChI is InChI=1S/C14H22N4O/c1-8(2)10(7-16-3)13(15)9-4-5-11-12(6-9)18-14(19)17-11/h4-6,8,10,13,16H,7,15H2,1-3H3,(H2,17,18,19). The van der Waals surface area contributed by atoms with Crippen LogP contribution in [0.15, 0.2) is 23.0 Å². The summed E-state index contributed by atoms with van der Waals surface area (Å²) in [5, 5.41) is 3.20. The molecule has 0 aliphatic carbocycles. The molecule has 0 radical (unpaired) electrons. The summed E-state index contributed by atoms with van der Waals surface area (Å²) in [4.78, 5) is 16.8. The predicted octanol–water partition coefficient (Wildman–Crippen LogP) is 1.35. The molecule has 1 aromatic heterocycles. The molecule has 0 saturated carbocycles. The number of benzene rings is 1. The molecule has 2 atom stereocenters. The van der Waals surface area contributed by atoms with Gasteiger partial charge < -0.3 is 21.0 Å². The lowest BCUT2D eigenvalue weighted by molar-refractivity contribution is 0.314. The van der Waals surface area contributed by atoms with E-state index in [1.807, 2.05) is 25.2 Å². The molecule has 1 heterocycles. The highest BCUT2D eigenvalue weighted by molar-refractivity contribution is 5.75. The van der Waals surface area contributed by atoms with E-state index in [9.17, 15) is 4.79 Å². The van der Waals surface area contributed by atoms with Gasteiger partial charge in [-0.15, -0.1) is 0 Å². The Kier molecular flexibility index (Phi) is 4.07. The van der Waals surface area contributed by atoms with E-state index in [1.165, 1.54) is 0 Å². The Balaban J connectivity index is 2.33. The molecule has 0 aliphatic rings. The van der Waals surface area contributed by atoms with Crippen LogP contribution in [0.25, 0.3) is 11.0 Å². The number of imidazole rings is 1. The fourth-order valence-corrected chi connectivity index (χ4v) is 2.52. The summed E-state index contributed by atoms with van der Waals surface area (Å²) in [5.41, 5.74) is 8.88. The minimum Gasteiger partial charge on any atom is -0.324 e. The molecule has 0 saturated heterocycles. The van der Waals surface area contributed by atoms with Crippen molar-refractivity contribution >= 4 is 11.0 Å². The maximum absolute atomic E-state index is 11.3. The summed E-state index contributed by atoms with van der Waals surface area (Å²) >= 11 is 0. The number of rotatable bonds is 5. The minimum absolute atomic E-state index is 0.0461. The Hall–Kier alpha value is -1.59. The van der Waals surface area contributed by atoms with Crippen molar-refractivity contribution in [3.63, 3.8) is 0 Å². The number of hydrogen-bond donors (Lipinski definition) is 4. The van der Waals surface area contributed by atoms with Crippen LogP contribution in [-0.4, -0.2) is 23.6 Å². The zero-order chi connectivity index (χ0) is 14.0. The first-order valence-electron chi connectivity index (χ1n) is 6.65. The average Bonchev–Trinajstić information content (AvgIpc) is 2.73.